The number of carbonyl (C=O) groups is 3. The summed E-state index contributed by atoms with van der Waals surface area (Å²) in [5, 5.41) is 2.84. The Morgan fingerprint density at radius 1 is 1.00 bits per heavy atom. The summed E-state index contributed by atoms with van der Waals surface area (Å²) in [6, 6.07) is 10.4. The Morgan fingerprint density at radius 3 is 2.25 bits per heavy atom. The van der Waals surface area contributed by atoms with E-state index in [4.69, 9.17) is 0 Å². The number of rotatable bonds is 6. The monoisotopic (exact) mass is 325 g/mol. The minimum Gasteiger partial charge on any atom is -0.351 e. The Bertz CT molecular complexity index is 759. The molecule has 1 aromatic carbocycles. The fraction of sp³-hybridized carbons (Fsp3) is 0.278. The van der Waals surface area contributed by atoms with Gasteiger partial charge in [0.05, 0.1) is 11.1 Å². The lowest BCUT2D eigenvalue weighted by Crippen LogP contribution is -2.31. The number of benzene rings is 1. The first-order chi connectivity index (χ1) is 11.6. The van der Waals surface area contributed by atoms with Crippen molar-refractivity contribution in [1.82, 2.24) is 14.8 Å². The Morgan fingerprint density at radius 2 is 1.67 bits per heavy atom. The second-order valence-electron chi connectivity index (χ2n) is 5.77. The molecule has 1 aromatic heterocycles. The van der Waals surface area contributed by atoms with E-state index < -0.39 is 0 Å². The Balaban J connectivity index is 1.45. The molecule has 0 saturated carbocycles. The molecule has 0 aliphatic carbocycles. The van der Waals surface area contributed by atoms with Crippen LogP contribution < -0.4 is 5.32 Å². The molecule has 0 radical (unpaired) electrons. The van der Waals surface area contributed by atoms with E-state index in [1.165, 1.54) is 4.90 Å². The number of fused-ring (bicyclic) bond motifs is 1. The van der Waals surface area contributed by atoms with Gasteiger partial charge in [0.15, 0.2) is 0 Å². The van der Waals surface area contributed by atoms with E-state index in [1.807, 2.05) is 19.3 Å². The van der Waals surface area contributed by atoms with Crippen molar-refractivity contribution in [3.8, 4) is 0 Å². The zero-order chi connectivity index (χ0) is 17.1. The summed E-state index contributed by atoms with van der Waals surface area (Å²) < 4.78 is 1.76. The largest absolute Gasteiger partial charge is 0.351 e. The van der Waals surface area contributed by atoms with E-state index in [0.29, 0.717) is 42.8 Å². The summed E-state index contributed by atoms with van der Waals surface area (Å²) in [6.07, 6.45) is 3.17. The van der Waals surface area contributed by atoms with Gasteiger partial charge in [0.1, 0.15) is 5.69 Å². The van der Waals surface area contributed by atoms with Crippen molar-refractivity contribution in [2.45, 2.75) is 12.8 Å². The van der Waals surface area contributed by atoms with Crippen molar-refractivity contribution >= 4 is 17.7 Å². The number of imide groups is 1. The van der Waals surface area contributed by atoms with Crippen LogP contribution in [0.15, 0.2) is 42.6 Å². The molecule has 1 aliphatic heterocycles. The van der Waals surface area contributed by atoms with Crippen LogP contribution in [0, 0.1) is 0 Å². The van der Waals surface area contributed by atoms with Crippen molar-refractivity contribution in [3.05, 3.63) is 59.4 Å². The van der Waals surface area contributed by atoms with Crippen LogP contribution >= 0.6 is 0 Å². The summed E-state index contributed by atoms with van der Waals surface area (Å²) in [5.74, 6) is -0.588. The smallest absolute Gasteiger partial charge is 0.267 e. The van der Waals surface area contributed by atoms with Gasteiger partial charge >= 0.3 is 0 Å². The minimum absolute atomic E-state index is 0.122. The van der Waals surface area contributed by atoms with Crippen LogP contribution in [-0.4, -0.2) is 40.3 Å². The molecule has 0 fully saturated rings. The lowest BCUT2D eigenvalue weighted by molar-refractivity contribution is 0.0650. The molecule has 24 heavy (non-hydrogen) atoms. The number of hydrogen-bond acceptors (Lipinski definition) is 3. The molecule has 2 heterocycles. The first-order valence-corrected chi connectivity index (χ1v) is 7.94. The number of nitrogens with zero attached hydrogens (tertiary/aromatic N) is 2. The number of hydrogen-bond donors (Lipinski definition) is 1. The number of unbranched alkanes of at least 4 members (excludes halogenated alkanes) is 1. The van der Waals surface area contributed by atoms with Crippen molar-refractivity contribution in [3.63, 3.8) is 0 Å². The van der Waals surface area contributed by atoms with Crippen LogP contribution in [0.25, 0.3) is 0 Å². The summed E-state index contributed by atoms with van der Waals surface area (Å²) in [7, 11) is 1.82. The van der Waals surface area contributed by atoms with E-state index >= 15 is 0 Å². The predicted molar refractivity (Wildman–Crippen MR) is 88.8 cm³/mol. The van der Waals surface area contributed by atoms with Crippen LogP contribution in [-0.2, 0) is 7.05 Å². The molecule has 0 spiro atoms. The van der Waals surface area contributed by atoms with Gasteiger partial charge in [-0.3, -0.25) is 19.3 Å². The van der Waals surface area contributed by atoms with E-state index in [9.17, 15) is 14.4 Å². The molecule has 0 bridgehead atoms. The van der Waals surface area contributed by atoms with Crippen molar-refractivity contribution in [2.75, 3.05) is 13.1 Å². The quantitative estimate of drug-likeness (QED) is 0.650. The third kappa shape index (κ3) is 2.95. The zero-order valence-electron chi connectivity index (χ0n) is 13.5. The van der Waals surface area contributed by atoms with Gasteiger partial charge in [-0.15, -0.1) is 0 Å². The molecule has 124 valence electrons. The maximum Gasteiger partial charge on any atom is 0.267 e. The van der Waals surface area contributed by atoms with Crippen molar-refractivity contribution in [2.24, 2.45) is 7.05 Å². The van der Waals surface area contributed by atoms with E-state index in [1.54, 1.807) is 34.9 Å². The second-order valence-corrected chi connectivity index (χ2v) is 5.77. The van der Waals surface area contributed by atoms with Gasteiger partial charge in [0.2, 0.25) is 0 Å². The van der Waals surface area contributed by atoms with Gasteiger partial charge in [0, 0.05) is 26.3 Å². The van der Waals surface area contributed by atoms with E-state index in [2.05, 4.69) is 5.32 Å². The van der Waals surface area contributed by atoms with Gasteiger partial charge in [-0.25, -0.2) is 0 Å². The zero-order valence-corrected chi connectivity index (χ0v) is 13.5. The summed E-state index contributed by atoms with van der Waals surface area (Å²) in [5.41, 5.74) is 1.55. The summed E-state index contributed by atoms with van der Waals surface area (Å²) in [6.45, 7) is 0.875. The van der Waals surface area contributed by atoms with Gasteiger partial charge in [-0.2, -0.15) is 0 Å². The number of aromatic nitrogens is 1. The first-order valence-electron chi connectivity index (χ1n) is 7.94. The molecule has 0 unspecified atom stereocenters. The Hall–Kier alpha value is -2.89. The fourth-order valence-corrected chi connectivity index (χ4v) is 2.83. The van der Waals surface area contributed by atoms with Crippen LogP contribution in [0.2, 0.25) is 0 Å². The molecule has 3 amide bonds. The van der Waals surface area contributed by atoms with Gasteiger partial charge in [-0.1, -0.05) is 12.1 Å². The highest BCUT2D eigenvalue weighted by Crippen LogP contribution is 2.22. The molecule has 6 heteroatoms. The SMILES string of the molecule is Cn1cccc1C(=O)NCCCCN1C(=O)c2ccccc2C1=O. The second kappa shape index (κ2) is 6.70. The highest BCUT2D eigenvalue weighted by atomic mass is 16.2. The highest BCUT2D eigenvalue weighted by molar-refractivity contribution is 6.21. The third-order valence-corrected chi connectivity index (χ3v) is 4.15. The summed E-state index contributed by atoms with van der Waals surface area (Å²) >= 11 is 0. The van der Waals surface area contributed by atoms with Gasteiger partial charge < -0.3 is 9.88 Å². The minimum atomic E-state index is -0.233. The lowest BCUT2D eigenvalue weighted by atomic mass is 10.1. The number of carbonyl (C=O) groups excluding carboxylic acids is 3. The van der Waals surface area contributed by atoms with Crippen LogP contribution in [0.3, 0.4) is 0 Å². The molecular formula is C18H19N3O3. The van der Waals surface area contributed by atoms with Gasteiger partial charge in [0.25, 0.3) is 17.7 Å². The van der Waals surface area contributed by atoms with Crippen molar-refractivity contribution in [1.29, 1.82) is 0 Å². The molecule has 1 N–H and O–H groups in total. The van der Waals surface area contributed by atoms with Crippen molar-refractivity contribution < 1.29 is 14.4 Å². The molecule has 1 aliphatic rings. The molecule has 0 saturated heterocycles. The normalized spacial score (nSPS) is 13.3. The Labute approximate surface area is 140 Å². The van der Waals surface area contributed by atoms with Crippen LogP contribution in [0.1, 0.15) is 44.0 Å². The number of nitrogens with one attached hydrogen (secondary N) is 1. The first kappa shape index (κ1) is 16.0. The average Bonchev–Trinajstić information content (AvgIpc) is 3.11. The fourth-order valence-electron chi connectivity index (χ4n) is 2.83. The van der Waals surface area contributed by atoms with E-state index in [0.717, 1.165) is 0 Å². The maximum absolute atomic E-state index is 12.2. The molecule has 3 rings (SSSR count). The van der Waals surface area contributed by atoms with Crippen LogP contribution in [0.4, 0.5) is 0 Å². The van der Waals surface area contributed by atoms with E-state index in [-0.39, 0.29) is 17.7 Å². The predicted octanol–water partition coefficient (Wildman–Crippen LogP) is 1.83. The number of aryl methyl sites for hydroxylation is 1. The Kier molecular flexibility index (Phi) is 4.46. The standard InChI is InChI=1S/C18H19N3O3/c1-20-11-6-9-15(20)16(22)19-10-4-5-12-21-17(23)13-7-2-3-8-14(13)18(21)24/h2-3,6-9,11H,4-5,10,12H2,1H3,(H,19,22). The van der Waals surface area contributed by atoms with Crippen LogP contribution in [0.5, 0.6) is 0 Å². The average molecular weight is 325 g/mol. The maximum atomic E-state index is 12.2. The third-order valence-electron chi connectivity index (χ3n) is 4.15. The molecular weight excluding hydrogens is 306 g/mol. The highest BCUT2D eigenvalue weighted by Gasteiger charge is 2.34. The molecule has 6 nitrogen and oxygen atoms in total. The lowest BCUT2D eigenvalue weighted by Gasteiger charge is -2.13. The summed E-state index contributed by atoms with van der Waals surface area (Å²) in [4.78, 5) is 37.6. The topological polar surface area (TPSA) is 71.4 Å². The van der Waals surface area contributed by atoms with Gasteiger partial charge in [-0.05, 0) is 37.1 Å². The molecule has 2 aromatic rings. The molecule has 0 atom stereocenters. The number of amides is 3.